The lowest BCUT2D eigenvalue weighted by molar-refractivity contribution is 0.412. The largest absolute Gasteiger partial charge is 0.310 e. The summed E-state index contributed by atoms with van der Waals surface area (Å²) in [6.07, 6.45) is 3.91. The van der Waals surface area contributed by atoms with E-state index in [1.807, 2.05) is 0 Å². The number of nitrogens with one attached hydrogen (secondary N) is 1. The van der Waals surface area contributed by atoms with Gasteiger partial charge in [-0.1, -0.05) is 48.9 Å². The Morgan fingerprint density at radius 1 is 1.00 bits per heavy atom. The van der Waals surface area contributed by atoms with Crippen LogP contribution in [0.25, 0.3) is 11.1 Å². The highest BCUT2D eigenvalue weighted by atomic mass is 14.9. The summed E-state index contributed by atoms with van der Waals surface area (Å²) < 4.78 is 0. The minimum Gasteiger partial charge on any atom is -0.310 e. The maximum atomic E-state index is 3.63. The molecule has 1 saturated heterocycles. The highest BCUT2D eigenvalue weighted by molar-refractivity contribution is 5.68. The Bertz CT molecular complexity index is 539. The normalized spacial score (nSPS) is 19.3. The lowest BCUT2D eigenvalue weighted by Crippen LogP contribution is -2.26. The van der Waals surface area contributed by atoms with Gasteiger partial charge in [-0.3, -0.25) is 0 Å². The average molecular weight is 251 g/mol. The Hall–Kier alpha value is -1.60. The Labute approximate surface area is 115 Å². The van der Waals surface area contributed by atoms with Crippen molar-refractivity contribution in [2.24, 2.45) is 0 Å². The van der Waals surface area contributed by atoms with Crippen molar-refractivity contribution in [1.29, 1.82) is 0 Å². The van der Waals surface area contributed by atoms with Crippen molar-refractivity contribution >= 4 is 0 Å². The summed E-state index contributed by atoms with van der Waals surface area (Å²) in [6.45, 7) is 3.35. The summed E-state index contributed by atoms with van der Waals surface area (Å²) in [5, 5.41) is 3.63. The predicted molar refractivity (Wildman–Crippen MR) is 81.2 cm³/mol. The van der Waals surface area contributed by atoms with Gasteiger partial charge in [-0.25, -0.2) is 0 Å². The fraction of sp³-hybridized carbons (Fsp3) is 0.333. The van der Waals surface area contributed by atoms with Crippen LogP contribution < -0.4 is 5.32 Å². The highest BCUT2D eigenvalue weighted by Gasteiger charge is 2.15. The molecule has 2 aromatic rings. The first-order chi connectivity index (χ1) is 9.34. The molecular weight excluding hydrogens is 230 g/mol. The van der Waals surface area contributed by atoms with Crippen molar-refractivity contribution in [2.45, 2.75) is 32.2 Å². The summed E-state index contributed by atoms with van der Waals surface area (Å²) in [7, 11) is 0. The molecule has 1 N–H and O–H groups in total. The van der Waals surface area contributed by atoms with Crippen LogP contribution in [-0.2, 0) is 0 Å². The van der Waals surface area contributed by atoms with Crippen molar-refractivity contribution in [3.05, 3.63) is 59.7 Å². The van der Waals surface area contributed by atoms with Crippen molar-refractivity contribution in [3.8, 4) is 11.1 Å². The van der Waals surface area contributed by atoms with Crippen molar-refractivity contribution < 1.29 is 0 Å². The zero-order chi connectivity index (χ0) is 13.1. The number of aryl methyl sites for hydroxylation is 1. The van der Waals surface area contributed by atoms with E-state index in [2.05, 4.69) is 60.8 Å². The van der Waals surface area contributed by atoms with Crippen LogP contribution in [0, 0.1) is 6.92 Å². The van der Waals surface area contributed by atoms with Crippen molar-refractivity contribution in [2.75, 3.05) is 6.54 Å². The van der Waals surface area contributed by atoms with Crippen LogP contribution in [0.2, 0.25) is 0 Å². The van der Waals surface area contributed by atoms with E-state index >= 15 is 0 Å². The zero-order valence-electron chi connectivity index (χ0n) is 11.5. The van der Waals surface area contributed by atoms with Gasteiger partial charge in [0.15, 0.2) is 0 Å². The lowest BCUT2D eigenvalue weighted by atomic mass is 9.92. The molecule has 1 unspecified atom stereocenters. The lowest BCUT2D eigenvalue weighted by Gasteiger charge is -2.24. The van der Waals surface area contributed by atoms with Gasteiger partial charge in [0.1, 0.15) is 0 Å². The number of hydrogen-bond donors (Lipinski definition) is 1. The summed E-state index contributed by atoms with van der Waals surface area (Å²) in [5.74, 6) is 0. The van der Waals surface area contributed by atoms with E-state index < -0.39 is 0 Å². The van der Waals surface area contributed by atoms with E-state index in [1.165, 1.54) is 41.5 Å². The smallest absolute Gasteiger partial charge is 0.0320 e. The molecule has 0 saturated carbocycles. The van der Waals surface area contributed by atoms with Crippen LogP contribution in [0.1, 0.15) is 36.4 Å². The highest BCUT2D eigenvalue weighted by Crippen LogP contribution is 2.29. The molecule has 1 heteroatoms. The van der Waals surface area contributed by atoms with Gasteiger partial charge >= 0.3 is 0 Å². The molecule has 0 aromatic heterocycles. The monoisotopic (exact) mass is 251 g/mol. The molecule has 0 radical (unpaired) electrons. The molecular formula is C18H21N. The van der Waals surface area contributed by atoms with Gasteiger partial charge < -0.3 is 5.32 Å². The fourth-order valence-electron chi connectivity index (χ4n) is 2.92. The van der Waals surface area contributed by atoms with Gasteiger partial charge in [-0.15, -0.1) is 0 Å². The van der Waals surface area contributed by atoms with Gasteiger partial charge in [-0.2, -0.15) is 0 Å². The number of hydrogen-bond acceptors (Lipinski definition) is 1. The number of benzene rings is 2. The minimum atomic E-state index is 0.539. The standard InChI is InChI=1S/C18H21N/c1-14-10-11-16(18-9-5-6-12-19-18)13-17(14)15-7-3-2-4-8-15/h2-4,7-8,10-11,13,18-19H,5-6,9,12H2,1H3. The van der Waals surface area contributed by atoms with Crippen LogP contribution in [-0.4, -0.2) is 6.54 Å². The molecule has 2 aromatic carbocycles. The van der Waals surface area contributed by atoms with Gasteiger partial charge in [0.05, 0.1) is 0 Å². The number of piperidine rings is 1. The quantitative estimate of drug-likeness (QED) is 0.830. The second-order valence-corrected chi connectivity index (χ2v) is 5.44. The summed E-state index contributed by atoms with van der Waals surface area (Å²) in [6, 6.07) is 18.1. The summed E-state index contributed by atoms with van der Waals surface area (Å²) in [5.41, 5.74) is 5.47. The van der Waals surface area contributed by atoms with E-state index in [4.69, 9.17) is 0 Å². The van der Waals surface area contributed by atoms with Crippen LogP contribution in [0.4, 0.5) is 0 Å². The van der Waals surface area contributed by atoms with Crippen LogP contribution in [0.5, 0.6) is 0 Å². The second kappa shape index (κ2) is 5.58. The molecule has 0 bridgehead atoms. The molecule has 3 rings (SSSR count). The first kappa shape index (κ1) is 12.4. The Morgan fingerprint density at radius 3 is 2.58 bits per heavy atom. The SMILES string of the molecule is Cc1ccc(C2CCCCN2)cc1-c1ccccc1. The minimum absolute atomic E-state index is 0.539. The first-order valence-electron chi connectivity index (χ1n) is 7.24. The molecule has 1 fully saturated rings. The van der Waals surface area contributed by atoms with E-state index in [0.29, 0.717) is 6.04 Å². The number of rotatable bonds is 2. The Morgan fingerprint density at radius 2 is 1.84 bits per heavy atom. The Kier molecular flexibility index (Phi) is 3.65. The molecule has 1 aliphatic heterocycles. The molecule has 0 amide bonds. The van der Waals surface area contributed by atoms with Crippen LogP contribution in [0.3, 0.4) is 0 Å². The van der Waals surface area contributed by atoms with E-state index in [-0.39, 0.29) is 0 Å². The second-order valence-electron chi connectivity index (χ2n) is 5.44. The third-order valence-corrected chi connectivity index (χ3v) is 4.06. The van der Waals surface area contributed by atoms with Crippen LogP contribution >= 0.6 is 0 Å². The van der Waals surface area contributed by atoms with Crippen molar-refractivity contribution in [1.82, 2.24) is 5.32 Å². The first-order valence-corrected chi connectivity index (χ1v) is 7.24. The Balaban J connectivity index is 1.96. The molecule has 1 heterocycles. The molecule has 19 heavy (non-hydrogen) atoms. The van der Waals surface area contributed by atoms with Gasteiger partial charge in [0.2, 0.25) is 0 Å². The van der Waals surface area contributed by atoms with Crippen LogP contribution in [0.15, 0.2) is 48.5 Å². The molecule has 0 spiro atoms. The molecule has 0 aliphatic carbocycles. The topological polar surface area (TPSA) is 12.0 Å². The third-order valence-electron chi connectivity index (χ3n) is 4.06. The average Bonchev–Trinajstić information content (AvgIpc) is 2.49. The summed E-state index contributed by atoms with van der Waals surface area (Å²) in [4.78, 5) is 0. The van der Waals surface area contributed by atoms with Gasteiger partial charge in [0.25, 0.3) is 0 Å². The maximum Gasteiger partial charge on any atom is 0.0320 e. The molecule has 1 nitrogen and oxygen atoms in total. The molecule has 1 aliphatic rings. The third kappa shape index (κ3) is 2.71. The molecule has 1 atom stereocenters. The summed E-state index contributed by atoms with van der Waals surface area (Å²) >= 11 is 0. The predicted octanol–water partition coefficient (Wildman–Crippen LogP) is 4.48. The van der Waals surface area contributed by atoms with E-state index in [0.717, 1.165) is 6.54 Å². The zero-order valence-corrected chi connectivity index (χ0v) is 11.5. The van der Waals surface area contributed by atoms with Gasteiger partial charge in [-0.05, 0) is 54.6 Å². The van der Waals surface area contributed by atoms with Gasteiger partial charge in [0, 0.05) is 6.04 Å². The van der Waals surface area contributed by atoms with Crippen molar-refractivity contribution in [3.63, 3.8) is 0 Å². The van der Waals surface area contributed by atoms with E-state index in [9.17, 15) is 0 Å². The van der Waals surface area contributed by atoms with E-state index in [1.54, 1.807) is 0 Å². The fourth-order valence-corrected chi connectivity index (χ4v) is 2.92. The molecule has 98 valence electrons. The maximum absolute atomic E-state index is 3.63.